The van der Waals surface area contributed by atoms with Crippen molar-refractivity contribution in [1.82, 2.24) is 15.1 Å². The molecule has 2 aliphatic rings. The molecular formula is C14H25N3O3. The second-order valence-corrected chi connectivity index (χ2v) is 5.90. The van der Waals surface area contributed by atoms with Gasteiger partial charge in [-0.15, -0.1) is 0 Å². The van der Waals surface area contributed by atoms with E-state index in [2.05, 4.69) is 17.1 Å². The summed E-state index contributed by atoms with van der Waals surface area (Å²) in [6, 6.07) is 0.225. The molecule has 2 fully saturated rings. The third kappa shape index (κ3) is 3.85. The number of likely N-dealkylation sites (tertiary alicyclic amines) is 2. The van der Waals surface area contributed by atoms with E-state index in [0.29, 0.717) is 32.1 Å². The molecule has 2 saturated heterocycles. The van der Waals surface area contributed by atoms with Crippen LogP contribution in [0.25, 0.3) is 0 Å². The number of urea groups is 1. The summed E-state index contributed by atoms with van der Waals surface area (Å²) >= 11 is 0. The fraction of sp³-hybridized carbons (Fsp3) is 0.857. The van der Waals surface area contributed by atoms with E-state index < -0.39 is 11.9 Å². The molecule has 6 heteroatoms. The minimum atomic E-state index is -0.798. The van der Waals surface area contributed by atoms with Crippen molar-refractivity contribution in [1.29, 1.82) is 0 Å². The highest BCUT2D eigenvalue weighted by atomic mass is 16.4. The fourth-order valence-electron chi connectivity index (χ4n) is 3.02. The van der Waals surface area contributed by atoms with Crippen LogP contribution in [-0.4, -0.2) is 65.7 Å². The largest absolute Gasteiger partial charge is 0.481 e. The van der Waals surface area contributed by atoms with Gasteiger partial charge in [-0.3, -0.25) is 9.69 Å². The molecule has 2 heterocycles. The molecule has 0 aromatic heterocycles. The number of nitrogens with zero attached hydrogens (tertiary/aromatic N) is 2. The van der Waals surface area contributed by atoms with E-state index in [9.17, 15) is 9.59 Å². The molecule has 2 rings (SSSR count). The topological polar surface area (TPSA) is 72.9 Å². The van der Waals surface area contributed by atoms with Gasteiger partial charge in [0.2, 0.25) is 0 Å². The highest BCUT2D eigenvalue weighted by Gasteiger charge is 2.28. The zero-order chi connectivity index (χ0) is 14.5. The summed E-state index contributed by atoms with van der Waals surface area (Å²) in [5.74, 6) is -1.21. The van der Waals surface area contributed by atoms with Crippen LogP contribution >= 0.6 is 0 Å². The number of aliphatic carboxylic acids is 1. The third-order valence-corrected chi connectivity index (χ3v) is 4.37. The van der Waals surface area contributed by atoms with E-state index >= 15 is 0 Å². The predicted molar refractivity (Wildman–Crippen MR) is 75.6 cm³/mol. The quantitative estimate of drug-likeness (QED) is 0.806. The number of amides is 2. The number of carboxylic acids is 1. The van der Waals surface area contributed by atoms with Crippen molar-refractivity contribution >= 4 is 12.0 Å². The van der Waals surface area contributed by atoms with Gasteiger partial charge in [0, 0.05) is 25.7 Å². The van der Waals surface area contributed by atoms with Gasteiger partial charge >= 0.3 is 12.0 Å². The van der Waals surface area contributed by atoms with Crippen molar-refractivity contribution in [2.45, 2.75) is 38.6 Å². The smallest absolute Gasteiger partial charge is 0.317 e. The molecular weight excluding hydrogens is 258 g/mol. The summed E-state index contributed by atoms with van der Waals surface area (Å²) in [6.07, 6.45) is 3.92. The van der Waals surface area contributed by atoms with Gasteiger partial charge < -0.3 is 15.3 Å². The molecule has 0 radical (unpaired) electrons. The van der Waals surface area contributed by atoms with Crippen LogP contribution in [-0.2, 0) is 4.79 Å². The molecule has 0 saturated carbocycles. The summed E-state index contributed by atoms with van der Waals surface area (Å²) in [5.41, 5.74) is 0. The molecule has 0 aromatic rings. The molecule has 0 spiro atoms. The number of carbonyl (C=O) groups is 2. The maximum absolute atomic E-state index is 12.1. The van der Waals surface area contributed by atoms with Crippen LogP contribution in [0.1, 0.15) is 32.6 Å². The zero-order valence-corrected chi connectivity index (χ0v) is 12.2. The Morgan fingerprint density at radius 1 is 1.25 bits per heavy atom. The second-order valence-electron chi connectivity index (χ2n) is 5.90. The van der Waals surface area contributed by atoms with Crippen LogP contribution in [0.3, 0.4) is 0 Å². The molecule has 114 valence electrons. The third-order valence-electron chi connectivity index (χ3n) is 4.37. The van der Waals surface area contributed by atoms with Crippen LogP contribution in [0.2, 0.25) is 0 Å². The molecule has 0 bridgehead atoms. The minimum absolute atomic E-state index is 0.123. The molecule has 2 unspecified atom stereocenters. The highest BCUT2D eigenvalue weighted by molar-refractivity contribution is 5.76. The molecule has 2 N–H and O–H groups in total. The van der Waals surface area contributed by atoms with Crippen molar-refractivity contribution in [3.05, 3.63) is 0 Å². The van der Waals surface area contributed by atoms with Gasteiger partial charge in [-0.05, 0) is 45.7 Å². The number of rotatable bonds is 4. The Hall–Kier alpha value is -1.30. The van der Waals surface area contributed by atoms with Gasteiger partial charge in [-0.25, -0.2) is 4.79 Å². The number of nitrogens with one attached hydrogen (secondary N) is 1. The van der Waals surface area contributed by atoms with Crippen LogP contribution in [0.4, 0.5) is 4.79 Å². The number of piperidine rings is 1. The SMILES string of the molecule is CC(CNC(=O)N1CCCC(C(=O)O)C1)N1CCCC1. The van der Waals surface area contributed by atoms with Crippen LogP contribution in [0.5, 0.6) is 0 Å². The Morgan fingerprint density at radius 3 is 2.60 bits per heavy atom. The first-order valence-corrected chi connectivity index (χ1v) is 7.57. The number of carbonyl (C=O) groups excluding carboxylic acids is 1. The van der Waals surface area contributed by atoms with Gasteiger partial charge in [-0.2, -0.15) is 0 Å². The van der Waals surface area contributed by atoms with Gasteiger partial charge in [0.25, 0.3) is 0 Å². The number of hydrogen-bond acceptors (Lipinski definition) is 3. The van der Waals surface area contributed by atoms with Crippen LogP contribution < -0.4 is 5.32 Å². The average molecular weight is 283 g/mol. The Labute approximate surface area is 120 Å². The summed E-state index contributed by atoms with van der Waals surface area (Å²) in [6.45, 7) is 5.98. The Morgan fingerprint density at radius 2 is 1.95 bits per heavy atom. The van der Waals surface area contributed by atoms with Gasteiger partial charge in [0.05, 0.1) is 5.92 Å². The van der Waals surface area contributed by atoms with Crippen molar-refractivity contribution in [3.8, 4) is 0 Å². The lowest BCUT2D eigenvalue weighted by Gasteiger charge is -2.32. The van der Waals surface area contributed by atoms with E-state index in [4.69, 9.17) is 5.11 Å². The van der Waals surface area contributed by atoms with Crippen LogP contribution in [0, 0.1) is 5.92 Å². The molecule has 2 atom stereocenters. The first kappa shape index (κ1) is 15.1. The molecule has 2 amide bonds. The maximum atomic E-state index is 12.1. The lowest BCUT2D eigenvalue weighted by Crippen LogP contribution is -2.49. The minimum Gasteiger partial charge on any atom is -0.481 e. The summed E-state index contributed by atoms with van der Waals surface area (Å²) < 4.78 is 0. The fourth-order valence-corrected chi connectivity index (χ4v) is 3.02. The lowest BCUT2D eigenvalue weighted by atomic mass is 9.99. The van der Waals surface area contributed by atoms with Gasteiger partial charge in [0.15, 0.2) is 0 Å². The summed E-state index contributed by atoms with van der Waals surface area (Å²) in [7, 11) is 0. The monoisotopic (exact) mass is 283 g/mol. The lowest BCUT2D eigenvalue weighted by molar-refractivity contribution is -0.143. The second kappa shape index (κ2) is 6.92. The van der Waals surface area contributed by atoms with Crippen LogP contribution in [0.15, 0.2) is 0 Å². The van der Waals surface area contributed by atoms with Gasteiger partial charge in [0.1, 0.15) is 0 Å². The Bertz CT molecular complexity index is 356. The number of hydrogen-bond donors (Lipinski definition) is 2. The van der Waals surface area contributed by atoms with Crippen molar-refractivity contribution in [2.24, 2.45) is 5.92 Å². The highest BCUT2D eigenvalue weighted by Crippen LogP contribution is 2.16. The van der Waals surface area contributed by atoms with E-state index in [1.54, 1.807) is 4.90 Å². The normalized spacial score (nSPS) is 25.4. The average Bonchev–Trinajstić information content (AvgIpc) is 2.98. The Balaban J connectivity index is 1.74. The summed E-state index contributed by atoms with van der Waals surface area (Å²) in [5, 5.41) is 12.0. The zero-order valence-electron chi connectivity index (χ0n) is 12.2. The predicted octanol–water partition coefficient (Wildman–Crippen LogP) is 0.977. The molecule has 0 aromatic carbocycles. The standard InChI is InChI=1S/C14H25N3O3/c1-11(16-6-2-3-7-16)9-15-14(20)17-8-4-5-12(10-17)13(18)19/h11-12H,2-10H2,1H3,(H,15,20)(H,18,19). The van der Waals surface area contributed by atoms with E-state index in [1.165, 1.54) is 12.8 Å². The molecule has 6 nitrogen and oxygen atoms in total. The molecule has 20 heavy (non-hydrogen) atoms. The first-order chi connectivity index (χ1) is 9.58. The number of carboxylic acid groups (broad SMARTS) is 1. The van der Waals surface area contributed by atoms with Crippen molar-refractivity contribution in [2.75, 3.05) is 32.7 Å². The van der Waals surface area contributed by atoms with E-state index in [1.807, 2.05) is 0 Å². The Kier molecular flexibility index (Phi) is 5.23. The maximum Gasteiger partial charge on any atom is 0.317 e. The van der Waals surface area contributed by atoms with E-state index in [-0.39, 0.29) is 6.03 Å². The van der Waals surface area contributed by atoms with Gasteiger partial charge in [-0.1, -0.05) is 0 Å². The van der Waals surface area contributed by atoms with Crippen molar-refractivity contribution in [3.63, 3.8) is 0 Å². The van der Waals surface area contributed by atoms with Crippen molar-refractivity contribution < 1.29 is 14.7 Å². The molecule has 2 aliphatic heterocycles. The first-order valence-electron chi connectivity index (χ1n) is 7.57. The summed E-state index contributed by atoms with van der Waals surface area (Å²) in [4.78, 5) is 27.1. The molecule has 0 aliphatic carbocycles. The van der Waals surface area contributed by atoms with E-state index in [0.717, 1.165) is 19.5 Å².